The number of nitrogens with zero attached hydrogens (tertiary/aromatic N) is 2. The molecule has 0 N–H and O–H groups in total. The molecule has 2 aromatic rings. The number of rotatable bonds is 6. The molecule has 1 heterocycles. The molecule has 1 aromatic carbocycles. The van der Waals surface area contributed by atoms with Crippen LogP contribution in [0.25, 0.3) is 0 Å². The zero-order valence-corrected chi connectivity index (χ0v) is 12.5. The molecule has 0 bridgehead atoms. The van der Waals surface area contributed by atoms with Crippen LogP contribution in [-0.4, -0.2) is 22.4 Å². The van der Waals surface area contributed by atoms with E-state index in [-0.39, 0.29) is 6.04 Å². The van der Waals surface area contributed by atoms with Crippen molar-refractivity contribution in [1.82, 2.24) is 9.78 Å². The quantitative estimate of drug-likeness (QED) is 0.766. The standard InChI is InChI=1S/C16H20N2O3/c1-4-20-16(19)15(13-8-6-5-7-9-13)21-14-10-17-18(11-14)12(2)3/h5-12,15H,4H2,1-3H3. The Morgan fingerprint density at radius 2 is 2.00 bits per heavy atom. The van der Waals surface area contributed by atoms with E-state index in [2.05, 4.69) is 5.10 Å². The molecule has 0 spiro atoms. The van der Waals surface area contributed by atoms with E-state index in [1.54, 1.807) is 24.0 Å². The Morgan fingerprint density at radius 1 is 1.29 bits per heavy atom. The highest BCUT2D eigenvalue weighted by Crippen LogP contribution is 2.23. The Hall–Kier alpha value is -2.30. The third kappa shape index (κ3) is 3.84. The van der Waals surface area contributed by atoms with Gasteiger partial charge in [-0.25, -0.2) is 4.79 Å². The van der Waals surface area contributed by atoms with Crippen LogP contribution in [0.2, 0.25) is 0 Å². The van der Waals surface area contributed by atoms with Gasteiger partial charge in [-0.1, -0.05) is 30.3 Å². The summed E-state index contributed by atoms with van der Waals surface area (Å²) in [6.07, 6.45) is 2.60. The van der Waals surface area contributed by atoms with Gasteiger partial charge in [-0.15, -0.1) is 0 Å². The lowest BCUT2D eigenvalue weighted by atomic mass is 10.1. The minimum absolute atomic E-state index is 0.236. The lowest BCUT2D eigenvalue weighted by Gasteiger charge is -2.16. The predicted molar refractivity (Wildman–Crippen MR) is 79.1 cm³/mol. The second-order valence-electron chi connectivity index (χ2n) is 4.91. The van der Waals surface area contributed by atoms with Crippen LogP contribution in [0.1, 0.15) is 38.5 Å². The fourth-order valence-electron chi connectivity index (χ4n) is 1.90. The average Bonchev–Trinajstić information content (AvgIpc) is 2.95. The molecule has 1 atom stereocenters. The molecule has 5 nitrogen and oxygen atoms in total. The second-order valence-corrected chi connectivity index (χ2v) is 4.91. The van der Waals surface area contributed by atoms with Gasteiger partial charge in [-0.2, -0.15) is 5.10 Å². The SMILES string of the molecule is CCOC(=O)C(Oc1cnn(C(C)C)c1)c1ccccc1. The number of benzene rings is 1. The first kappa shape index (κ1) is 15.1. The highest BCUT2D eigenvalue weighted by molar-refractivity contribution is 5.77. The summed E-state index contributed by atoms with van der Waals surface area (Å²) in [5.74, 6) is 0.145. The van der Waals surface area contributed by atoms with Gasteiger partial charge in [0.25, 0.3) is 0 Å². The smallest absolute Gasteiger partial charge is 0.352 e. The van der Waals surface area contributed by atoms with E-state index in [1.807, 2.05) is 44.2 Å². The first-order valence-electron chi connectivity index (χ1n) is 7.04. The topological polar surface area (TPSA) is 53.4 Å². The zero-order valence-electron chi connectivity index (χ0n) is 12.5. The third-order valence-electron chi connectivity index (χ3n) is 2.96. The first-order chi connectivity index (χ1) is 10.1. The molecule has 1 unspecified atom stereocenters. The van der Waals surface area contributed by atoms with Crippen molar-refractivity contribution in [3.8, 4) is 5.75 Å². The summed E-state index contributed by atoms with van der Waals surface area (Å²) >= 11 is 0. The number of hydrogen-bond acceptors (Lipinski definition) is 4. The van der Waals surface area contributed by atoms with Crippen molar-refractivity contribution in [1.29, 1.82) is 0 Å². The number of carbonyl (C=O) groups is 1. The van der Waals surface area contributed by atoms with E-state index in [0.29, 0.717) is 12.4 Å². The van der Waals surface area contributed by atoms with Gasteiger partial charge >= 0.3 is 5.97 Å². The van der Waals surface area contributed by atoms with E-state index in [9.17, 15) is 4.79 Å². The monoisotopic (exact) mass is 288 g/mol. The van der Waals surface area contributed by atoms with Crippen molar-refractivity contribution in [2.45, 2.75) is 32.9 Å². The normalized spacial score (nSPS) is 12.2. The average molecular weight is 288 g/mol. The van der Waals surface area contributed by atoms with Gasteiger partial charge in [0.1, 0.15) is 0 Å². The molecule has 0 amide bonds. The molecule has 0 saturated heterocycles. The molecule has 1 aromatic heterocycles. The van der Waals surface area contributed by atoms with Crippen LogP contribution in [0.4, 0.5) is 0 Å². The van der Waals surface area contributed by atoms with Crippen LogP contribution in [-0.2, 0) is 9.53 Å². The number of carbonyl (C=O) groups excluding carboxylic acids is 1. The second kappa shape index (κ2) is 6.92. The minimum atomic E-state index is -0.782. The number of aromatic nitrogens is 2. The van der Waals surface area contributed by atoms with Gasteiger partial charge in [0.05, 0.1) is 19.0 Å². The summed E-state index contributed by atoms with van der Waals surface area (Å²) in [5, 5.41) is 4.21. The van der Waals surface area contributed by atoms with Gasteiger partial charge in [0, 0.05) is 11.6 Å². The molecule has 0 radical (unpaired) electrons. The van der Waals surface area contributed by atoms with Crippen molar-refractivity contribution in [2.75, 3.05) is 6.61 Å². The summed E-state index contributed by atoms with van der Waals surface area (Å²) in [6.45, 7) is 6.14. The number of ether oxygens (including phenoxy) is 2. The Balaban J connectivity index is 2.21. The molecular formula is C16H20N2O3. The van der Waals surface area contributed by atoms with Crippen molar-refractivity contribution in [2.24, 2.45) is 0 Å². The Kier molecular flexibility index (Phi) is 4.98. The van der Waals surface area contributed by atoms with Gasteiger partial charge in [0.15, 0.2) is 5.75 Å². The van der Waals surface area contributed by atoms with E-state index in [1.165, 1.54) is 0 Å². The van der Waals surface area contributed by atoms with Crippen LogP contribution >= 0.6 is 0 Å². The molecule has 0 aliphatic rings. The van der Waals surface area contributed by atoms with Gasteiger partial charge in [-0.3, -0.25) is 4.68 Å². The molecule has 0 aliphatic carbocycles. The fourth-order valence-corrected chi connectivity index (χ4v) is 1.90. The van der Waals surface area contributed by atoms with Gasteiger partial charge in [0.2, 0.25) is 6.10 Å². The Bertz CT molecular complexity index is 578. The molecule has 5 heteroatoms. The Morgan fingerprint density at radius 3 is 2.57 bits per heavy atom. The van der Waals surface area contributed by atoms with E-state index < -0.39 is 12.1 Å². The molecule has 0 saturated carbocycles. The van der Waals surface area contributed by atoms with Crippen LogP contribution in [0.5, 0.6) is 5.75 Å². The lowest BCUT2D eigenvalue weighted by Crippen LogP contribution is -2.21. The largest absolute Gasteiger partial charge is 0.471 e. The van der Waals surface area contributed by atoms with Crippen molar-refractivity contribution in [3.63, 3.8) is 0 Å². The summed E-state index contributed by atoms with van der Waals surface area (Å²) in [5.41, 5.74) is 0.758. The molecule has 0 aliphatic heterocycles. The number of esters is 1. The van der Waals surface area contributed by atoms with Crippen molar-refractivity contribution >= 4 is 5.97 Å². The molecule has 0 fully saturated rings. The minimum Gasteiger partial charge on any atom is -0.471 e. The summed E-state index contributed by atoms with van der Waals surface area (Å²) in [4.78, 5) is 12.1. The summed E-state index contributed by atoms with van der Waals surface area (Å²) in [7, 11) is 0. The van der Waals surface area contributed by atoms with E-state index >= 15 is 0 Å². The first-order valence-corrected chi connectivity index (χ1v) is 7.04. The van der Waals surface area contributed by atoms with Crippen LogP contribution in [0.3, 0.4) is 0 Å². The molecule has 21 heavy (non-hydrogen) atoms. The molecule has 112 valence electrons. The van der Waals surface area contributed by atoms with Gasteiger partial charge in [-0.05, 0) is 20.8 Å². The fraction of sp³-hybridized carbons (Fsp3) is 0.375. The highest BCUT2D eigenvalue weighted by atomic mass is 16.6. The van der Waals surface area contributed by atoms with E-state index in [4.69, 9.17) is 9.47 Å². The maximum atomic E-state index is 12.1. The molecular weight excluding hydrogens is 268 g/mol. The lowest BCUT2D eigenvalue weighted by molar-refractivity contribution is -0.151. The van der Waals surface area contributed by atoms with Crippen LogP contribution < -0.4 is 4.74 Å². The van der Waals surface area contributed by atoms with Crippen molar-refractivity contribution in [3.05, 3.63) is 48.3 Å². The zero-order chi connectivity index (χ0) is 15.2. The van der Waals surface area contributed by atoms with Crippen LogP contribution in [0, 0.1) is 0 Å². The summed E-state index contributed by atoms with van der Waals surface area (Å²) in [6, 6.07) is 9.54. The predicted octanol–water partition coefficient (Wildman–Crippen LogP) is 3.15. The van der Waals surface area contributed by atoms with Crippen LogP contribution in [0.15, 0.2) is 42.7 Å². The Labute approximate surface area is 124 Å². The maximum absolute atomic E-state index is 12.1. The number of hydrogen-bond donors (Lipinski definition) is 0. The highest BCUT2D eigenvalue weighted by Gasteiger charge is 2.24. The third-order valence-corrected chi connectivity index (χ3v) is 2.96. The molecule has 2 rings (SSSR count). The summed E-state index contributed by atoms with van der Waals surface area (Å²) < 4.78 is 12.7. The maximum Gasteiger partial charge on any atom is 0.352 e. The van der Waals surface area contributed by atoms with E-state index in [0.717, 1.165) is 5.56 Å². The van der Waals surface area contributed by atoms with Crippen molar-refractivity contribution < 1.29 is 14.3 Å². The van der Waals surface area contributed by atoms with Gasteiger partial charge < -0.3 is 9.47 Å².